The van der Waals surface area contributed by atoms with Crippen LogP contribution < -0.4 is 5.32 Å². The molecule has 7 heteroatoms. The van der Waals surface area contributed by atoms with E-state index in [1.165, 1.54) is 24.3 Å². The predicted octanol–water partition coefficient (Wildman–Crippen LogP) is 3.53. The summed E-state index contributed by atoms with van der Waals surface area (Å²) in [4.78, 5) is 37.9. The van der Waals surface area contributed by atoms with Gasteiger partial charge < -0.3 is 5.32 Å². The van der Waals surface area contributed by atoms with Crippen LogP contribution in [0.4, 0.5) is 9.18 Å². The van der Waals surface area contributed by atoms with Crippen LogP contribution in [-0.4, -0.2) is 35.0 Å². The molecule has 0 spiro atoms. The summed E-state index contributed by atoms with van der Waals surface area (Å²) in [5.41, 5.74) is 2.66. The maximum Gasteiger partial charge on any atom is 0.293 e. The molecule has 1 aliphatic heterocycles. The summed E-state index contributed by atoms with van der Waals surface area (Å²) in [5.74, 6) is -0.948. The van der Waals surface area contributed by atoms with E-state index in [-0.39, 0.29) is 41.4 Å². The van der Waals surface area contributed by atoms with Crippen molar-refractivity contribution < 1.29 is 18.8 Å². The fourth-order valence-electron chi connectivity index (χ4n) is 2.66. The van der Waals surface area contributed by atoms with E-state index >= 15 is 0 Å². The second kappa shape index (κ2) is 8.84. The first-order valence-corrected chi connectivity index (χ1v) is 9.57. The van der Waals surface area contributed by atoms with E-state index in [9.17, 15) is 18.8 Å². The molecule has 0 atom stereocenters. The molecule has 1 fully saturated rings. The molecule has 0 bridgehead atoms. The molecular weight excluding hydrogens is 379 g/mol. The van der Waals surface area contributed by atoms with Crippen molar-refractivity contribution in [3.05, 3.63) is 75.9 Å². The maximum absolute atomic E-state index is 13.0. The molecule has 3 amide bonds. The van der Waals surface area contributed by atoms with Crippen LogP contribution in [0.5, 0.6) is 0 Å². The quantitative estimate of drug-likeness (QED) is 0.756. The van der Waals surface area contributed by atoms with Gasteiger partial charge in [-0.2, -0.15) is 0 Å². The van der Waals surface area contributed by atoms with Crippen molar-refractivity contribution in [1.29, 1.82) is 0 Å². The molecule has 2 aromatic carbocycles. The molecule has 1 saturated heterocycles. The predicted molar refractivity (Wildman–Crippen MR) is 107 cm³/mol. The number of hydrogen-bond donors (Lipinski definition) is 1. The van der Waals surface area contributed by atoms with Gasteiger partial charge in [0.1, 0.15) is 5.82 Å². The van der Waals surface area contributed by atoms with Crippen molar-refractivity contribution in [2.24, 2.45) is 0 Å². The number of halogens is 1. The van der Waals surface area contributed by atoms with E-state index in [1.54, 1.807) is 6.08 Å². The standard InChI is InChI=1S/C21H19FN2O3S/c1-14-2-4-16(5-3-14)13-19(25)23-10-11-24-20(26)18(28-21(24)27)12-15-6-8-17(22)9-7-15/h2-9,12H,10-11,13H2,1H3,(H,23,25)/b18-12+. The van der Waals surface area contributed by atoms with Crippen LogP contribution in [-0.2, 0) is 16.0 Å². The lowest BCUT2D eigenvalue weighted by molar-refractivity contribution is -0.124. The molecule has 1 heterocycles. The number of benzene rings is 2. The zero-order chi connectivity index (χ0) is 20.1. The lowest BCUT2D eigenvalue weighted by Crippen LogP contribution is -2.37. The van der Waals surface area contributed by atoms with Gasteiger partial charge in [-0.3, -0.25) is 19.3 Å². The Hall–Kier alpha value is -2.93. The number of hydrogen-bond acceptors (Lipinski definition) is 4. The molecule has 28 heavy (non-hydrogen) atoms. The van der Waals surface area contributed by atoms with Gasteiger partial charge in [0.05, 0.1) is 11.3 Å². The third-order valence-corrected chi connectivity index (χ3v) is 5.09. The smallest absolute Gasteiger partial charge is 0.293 e. The normalized spacial score (nSPS) is 15.4. The molecule has 5 nitrogen and oxygen atoms in total. The number of imide groups is 1. The van der Waals surface area contributed by atoms with Crippen molar-refractivity contribution in [2.75, 3.05) is 13.1 Å². The SMILES string of the molecule is Cc1ccc(CC(=O)NCCN2C(=O)S/C(=C/c3ccc(F)cc3)C2=O)cc1. The Balaban J connectivity index is 1.52. The van der Waals surface area contributed by atoms with Crippen molar-refractivity contribution in [3.8, 4) is 0 Å². The van der Waals surface area contributed by atoms with Gasteiger partial charge >= 0.3 is 0 Å². The number of nitrogens with one attached hydrogen (secondary N) is 1. The van der Waals surface area contributed by atoms with Gasteiger partial charge in [-0.1, -0.05) is 42.0 Å². The van der Waals surface area contributed by atoms with E-state index < -0.39 is 5.91 Å². The number of aryl methyl sites for hydroxylation is 1. The summed E-state index contributed by atoms with van der Waals surface area (Å²) in [6.07, 6.45) is 1.80. The molecule has 144 valence electrons. The molecule has 1 aliphatic rings. The zero-order valence-corrected chi connectivity index (χ0v) is 16.1. The fourth-order valence-corrected chi connectivity index (χ4v) is 3.53. The van der Waals surface area contributed by atoms with Crippen LogP contribution in [0.3, 0.4) is 0 Å². The minimum absolute atomic E-state index is 0.102. The molecule has 3 rings (SSSR count). The highest BCUT2D eigenvalue weighted by Crippen LogP contribution is 2.31. The lowest BCUT2D eigenvalue weighted by atomic mass is 10.1. The molecule has 0 radical (unpaired) electrons. The maximum atomic E-state index is 13.0. The van der Waals surface area contributed by atoms with Gasteiger partial charge in [-0.05, 0) is 48.0 Å². The Labute approximate surface area is 166 Å². The summed E-state index contributed by atoms with van der Waals surface area (Å²) in [6.45, 7) is 2.27. The van der Waals surface area contributed by atoms with Crippen LogP contribution in [0, 0.1) is 12.7 Å². The third kappa shape index (κ3) is 5.07. The second-order valence-electron chi connectivity index (χ2n) is 6.40. The Bertz CT molecular complexity index is 924. The van der Waals surface area contributed by atoms with E-state index in [1.807, 2.05) is 31.2 Å². The molecular formula is C21H19FN2O3S. The summed E-state index contributed by atoms with van der Waals surface area (Å²) in [6, 6.07) is 13.3. The van der Waals surface area contributed by atoms with E-state index in [4.69, 9.17) is 0 Å². The summed E-state index contributed by atoms with van der Waals surface area (Å²) < 4.78 is 13.0. The lowest BCUT2D eigenvalue weighted by Gasteiger charge is -2.13. The van der Waals surface area contributed by atoms with Gasteiger partial charge in [-0.25, -0.2) is 4.39 Å². The molecule has 0 aromatic heterocycles. The summed E-state index contributed by atoms with van der Waals surface area (Å²) >= 11 is 0.836. The summed E-state index contributed by atoms with van der Waals surface area (Å²) in [7, 11) is 0. The van der Waals surface area contributed by atoms with Gasteiger partial charge in [0.2, 0.25) is 5.91 Å². The minimum atomic E-state index is -0.410. The molecule has 1 N–H and O–H groups in total. The van der Waals surface area contributed by atoms with Crippen molar-refractivity contribution in [1.82, 2.24) is 10.2 Å². The Kier molecular flexibility index (Phi) is 6.26. The van der Waals surface area contributed by atoms with Crippen LogP contribution >= 0.6 is 11.8 Å². The first kappa shape index (κ1) is 19.8. The molecule has 0 aliphatic carbocycles. The zero-order valence-electron chi connectivity index (χ0n) is 15.3. The van der Waals surface area contributed by atoms with E-state index in [0.717, 1.165) is 27.8 Å². The van der Waals surface area contributed by atoms with Crippen molar-refractivity contribution >= 4 is 34.9 Å². The van der Waals surface area contributed by atoms with Gasteiger partial charge in [0, 0.05) is 13.1 Å². The summed E-state index contributed by atoms with van der Waals surface area (Å²) in [5, 5.41) is 2.35. The van der Waals surface area contributed by atoms with E-state index in [0.29, 0.717) is 5.56 Å². The average molecular weight is 398 g/mol. The van der Waals surface area contributed by atoms with Crippen molar-refractivity contribution in [3.63, 3.8) is 0 Å². The average Bonchev–Trinajstić information content (AvgIpc) is 2.93. The molecule has 0 unspecified atom stereocenters. The number of carbonyl (C=O) groups excluding carboxylic acids is 3. The number of carbonyl (C=O) groups is 3. The van der Waals surface area contributed by atoms with Gasteiger partial charge in [-0.15, -0.1) is 0 Å². The highest BCUT2D eigenvalue weighted by molar-refractivity contribution is 8.18. The van der Waals surface area contributed by atoms with E-state index in [2.05, 4.69) is 5.32 Å². The Morgan fingerprint density at radius 3 is 2.46 bits per heavy atom. The number of amides is 3. The molecule has 0 saturated carbocycles. The number of rotatable bonds is 6. The largest absolute Gasteiger partial charge is 0.354 e. The van der Waals surface area contributed by atoms with Crippen LogP contribution in [0.15, 0.2) is 53.4 Å². The van der Waals surface area contributed by atoms with Gasteiger partial charge in [0.15, 0.2) is 0 Å². The first-order chi connectivity index (χ1) is 13.4. The second-order valence-corrected chi connectivity index (χ2v) is 7.39. The highest BCUT2D eigenvalue weighted by Gasteiger charge is 2.34. The Morgan fingerprint density at radius 2 is 1.79 bits per heavy atom. The van der Waals surface area contributed by atoms with Crippen LogP contribution in [0.25, 0.3) is 6.08 Å². The Morgan fingerprint density at radius 1 is 1.11 bits per heavy atom. The van der Waals surface area contributed by atoms with Crippen LogP contribution in [0.2, 0.25) is 0 Å². The topological polar surface area (TPSA) is 66.5 Å². The van der Waals surface area contributed by atoms with Crippen molar-refractivity contribution in [2.45, 2.75) is 13.3 Å². The monoisotopic (exact) mass is 398 g/mol. The number of nitrogens with zero attached hydrogens (tertiary/aromatic N) is 1. The van der Waals surface area contributed by atoms with Crippen LogP contribution in [0.1, 0.15) is 16.7 Å². The third-order valence-electron chi connectivity index (χ3n) is 4.18. The highest BCUT2D eigenvalue weighted by atomic mass is 32.2. The number of thioether (sulfide) groups is 1. The minimum Gasteiger partial charge on any atom is -0.354 e. The molecule has 2 aromatic rings. The van der Waals surface area contributed by atoms with Gasteiger partial charge in [0.25, 0.3) is 11.1 Å². The first-order valence-electron chi connectivity index (χ1n) is 8.75. The fraction of sp³-hybridized carbons (Fsp3) is 0.190.